The Kier molecular flexibility index (Phi) is 2.79. The molecule has 0 aromatic heterocycles. The first-order valence-electron chi connectivity index (χ1n) is 5.73. The zero-order valence-corrected chi connectivity index (χ0v) is 11.6. The average molecular weight is 331 g/mol. The quantitative estimate of drug-likeness (QED) is 0.282. The SMILES string of the molecule is CN1CC2CC(C1)C1=CC=CC(=O)CN1[I-]2. The van der Waals surface area contributed by atoms with Gasteiger partial charge in [-0.2, -0.15) is 0 Å². The molecule has 2 saturated heterocycles. The molecule has 4 heteroatoms. The number of hydrogen-bond acceptors (Lipinski definition) is 3. The van der Waals surface area contributed by atoms with E-state index in [1.54, 1.807) is 6.08 Å². The van der Waals surface area contributed by atoms with Crippen molar-refractivity contribution in [2.75, 3.05) is 26.7 Å². The summed E-state index contributed by atoms with van der Waals surface area (Å²) >= 11 is 0.00209. The summed E-state index contributed by atoms with van der Waals surface area (Å²) in [6, 6.07) is 0. The van der Waals surface area contributed by atoms with Crippen LogP contribution in [0.3, 0.4) is 0 Å². The van der Waals surface area contributed by atoms with E-state index in [1.807, 2.05) is 6.08 Å². The number of hydrogen-bond donors (Lipinski definition) is 0. The van der Waals surface area contributed by atoms with Crippen LogP contribution in [0.1, 0.15) is 6.42 Å². The predicted octanol–water partition coefficient (Wildman–Crippen LogP) is -2.35. The number of halogens is 1. The fourth-order valence-corrected chi connectivity index (χ4v) is 6.79. The molecule has 0 aromatic carbocycles. The van der Waals surface area contributed by atoms with Gasteiger partial charge in [-0.1, -0.05) is 0 Å². The first-order chi connectivity index (χ1) is 7.72. The number of fused-ring (bicyclic) bond motifs is 4. The summed E-state index contributed by atoms with van der Waals surface area (Å²) in [6.07, 6.45) is 7.19. The summed E-state index contributed by atoms with van der Waals surface area (Å²) in [4.78, 5) is 14.0. The Morgan fingerprint density at radius 1 is 1.44 bits per heavy atom. The Balaban J connectivity index is 1.88. The minimum absolute atomic E-state index is 0.00209. The molecular formula is C12H16IN2O-. The van der Waals surface area contributed by atoms with Crippen LogP contribution in [-0.4, -0.2) is 44.4 Å². The molecule has 3 rings (SSSR count). The van der Waals surface area contributed by atoms with Crippen molar-refractivity contribution < 1.29 is 26.3 Å². The molecule has 0 amide bonds. The van der Waals surface area contributed by atoms with E-state index in [0.29, 0.717) is 12.5 Å². The van der Waals surface area contributed by atoms with E-state index in [0.717, 1.165) is 10.5 Å². The normalized spacial score (nSPS) is 34.9. The second-order valence-corrected chi connectivity index (χ2v) is 8.27. The molecule has 2 fully saturated rings. The molecule has 0 aliphatic carbocycles. The number of carbonyl (C=O) groups excluding carboxylic acids is 1. The van der Waals surface area contributed by atoms with Crippen LogP contribution in [0.2, 0.25) is 0 Å². The van der Waals surface area contributed by atoms with Crippen LogP contribution >= 0.6 is 0 Å². The third-order valence-electron chi connectivity index (χ3n) is 3.38. The van der Waals surface area contributed by atoms with E-state index in [-0.39, 0.29) is 27.3 Å². The van der Waals surface area contributed by atoms with Gasteiger partial charge in [0.15, 0.2) is 0 Å². The Morgan fingerprint density at radius 2 is 2.31 bits per heavy atom. The minimum atomic E-state index is 0.00209. The third-order valence-corrected chi connectivity index (χ3v) is 6.64. The van der Waals surface area contributed by atoms with Crippen molar-refractivity contribution in [2.45, 2.75) is 10.3 Å². The van der Waals surface area contributed by atoms with Crippen LogP contribution in [0.25, 0.3) is 0 Å². The second-order valence-electron chi connectivity index (χ2n) is 4.79. The number of carbonyl (C=O) groups is 1. The molecule has 3 aliphatic heterocycles. The number of piperidine rings is 1. The Bertz CT molecular complexity index is 375. The predicted molar refractivity (Wildman–Crippen MR) is 58.3 cm³/mol. The zero-order valence-electron chi connectivity index (χ0n) is 9.40. The van der Waals surface area contributed by atoms with Gasteiger partial charge in [0.05, 0.1) is 0 Å². The van der Waals surface area contributed by atoms with Gasteiger partial charge in [0.25, 0.3) is 0 Å². The molecule has 0 radical (unpaired) electrons. The number of nitrogens with zero attached hydrogens (tertiary/aromatic N) is 2. The number of allylic oxidation sites excluding steroid dienone is 2. The molecule has 0 N–H and O–H groups in total. The van der Waals surface area contributed by atoms with E-state index in [1.165, 1.54) is 18.7 Å². The van der Waals surface area contributed by atoms with Crippen molar-refractivity contribution in [1.82, 2.24) is 8.01 Å². The van der Waals surface area contributed by atoms with Crippen LogP contribution in [0, 0.1) is 5.92 Å². The van der Waals surface area contributed by atoms with Gasteiger partial charge in [-0.25, -0.2) is 0 Å². The van der Waals surface area contributed by atoms with Crippen molar-refractivity contribution in [3.05, 3.63) is 23.9 Å². The summed E-state index contributed by atoms with van der Waals surface area (Å²) < 4.78 is 3.26. The van der Waals surface area contributed by atoms with Crippen LogP contribution in [0.4, 0.5) is 0 Å². The Hall–Kier alpha value is -0.360. The monoisotopic (exact) mass is 331 g/mol. The van der Waals surface area contributed by atoms with E-state index in [2.05, 4.69) is 21.1 Å². The molecule has 2 bridgehead atoms. The summed E-state index contributed by atoms with van der Waals surface area (Å²) in [6.45, 7) is 3.02. The van der Waals surface area contributed by atoms with E-state index < -0.39 is 0 Å². The van der Waals surface area contributed by atoms with Gasteiger partial charge in [-0.05, 0) is 0 Å². The first kappa shape index (κ1) is 10.8. The van der Waals surface area contributed by atoms with E-state index in [4.69, 9.17) is 0 Å². The van der Waals surface area contributed by atoms with Gasteiger partial charge in [0, 0.05) is 0 Å². The van der Waals surface area contributed by atoms with Gasteiger partial charge in [-0.3, -0.25) is 0 Å². The van der Waals surface area contributed by atoms with Crippen LogP contribution in [0.5, 0.6) is 0 Å². The fourth-order valence-electron chi connectivity index (χ4n) is 2.74. The maximum absolute atomic E-state index is 11.6. The molecular weight excluding hydrogens is 315 g/mol. The van der Waals surface area contributed by atoms with E-state index in [9.17, 15) is 4.79 Å². The van der Waals surface area contributed by atoms with Crippen LogP contribution < -0.4 is 21.5 Å². The number of likely N-dealkylation sites (tertiary alicyclic amines) is 1. The summed E-state index contributed by atoms with van der Waals surface area (Å²) in [5, 5.41) is 0. The summed E-state index contributed by atoms with van der Waals surface area (Å²) in [7, 11) is 2.22. The fraction of sp³-hybridized carbons (Fsp3) is 0.583. The molecule has 0 saturated carbocycles. The van der Waals surface area contributed by atoms with Crippen molar-refractivity contribution in [2.24, 2.45) is 5.92 Å². The standard InChI is InChI=1S/C12H16IN2O/c1-14-6-9-5-10(7-14)13-15-8-11(16)3-2-4-12(9)15/h2-4,9-10H,5-8H2,1H3/q-1. The van der Waals surface area contributed by atoms with Crippen LogP contribution in [-0.2, 0) is 4.79 Å². The summed E-state index contributed by atoms with van der Waals surface area (Å²) in [5.41, 5.74) is 1.43. The maximum atomic E-state index is 11.6. The van der Waals surface area contributed by atoms with Gasteiger partial charge in [0.1, 0.15) is 0 Å². The van der Waals surface area contributed by atoms with Crippen molar-refractivity contribution in [1.29, 1.82) is 0 Å². The second kappa shape index (κ2) is 4.14. The first-order valence-corrected chi connectivity index (χ1v) is 7.94. The van der Waals surface area contributed by atoms with Gasteiger partial charge in [-0.15, -0.1) is 0 Å². The summed E-state index contributed by atoms with van der Waals surface area (Å²) in [5.74, 6) is 0.923. The zero-order chi connectivity index (χ0) is 11.1. The molecule has 0 aromatic rings. The number of ketones is 1. The van der Waals surface area contributed by atoms with Crippen molar-refractivity contribution >= 4 is 5.78 Å². The third kappa shape index (κ3) is 1.93. The Labute approximate surface area is 107 Å². The molecule has 16 heavy (non-hydrogen) atoms. The molecule has 2 atom stereocenters. The number of rotatable bonds is 0. The van der Waals surface area contributed by atoms with E-state index >= 15 is 0 Å². The molecule has 2 unspecified atom stereocenters. The van der Waals surface area contributed by atoms with Gasteiger partial charge in [0.2, 0.25) is 0 Å². The topological polar surface area (TPSA) is 23.6 Å². The Morgan fingerprint density at radius 3 is 3.19 bits per heavy atom. The van der Waals surface area contributed by atoms with Gasteiger partial charge >= 0.3 is 107 Å². The van der Waals surface area contributed by atoms with Crippen molar-refractivity contribution in [3.63, 3.8) is 0 Å². The molecule has 88 valence electrons. The van der Waals surface area contributed by atoms with Gasteiger partial charge < -0.3 is 0 Å². The number of alkyl halides is 1. The van der Waals surface area contributed by atoms with Crippen LogP contribution in [0.15, 0.2) is 23.9 Å². The molecule has 3 nitrogen and oxygen atoms in total. The average Bonchev–Trinajstić information content (AvgIpc) is 2.38. The van der Waals surface area contributed by atoms with Crippen molar-refractivity contribution in [3.8, 4) is 0 Å². The molecule has 3 aliphatic rings. The molecule has 3 heterocycles. The molecule has 0 spiro atoms.